The molecule has 0 aromatic heterocycles. The Morgan fingerprint density at radius 1 is 1.27 bits per heavy atom. The standard InChI is InChI=1S/C10H21N3O2/c1-9(14)4-7-13(3)8-10(15)12-6-5-11-2/h11H,4-8H2,1-3H3,(H,12,15). The van der Waals surface area contributed by atoms with E-state index in [-0.39, 0.29) is 11.7 Å². The molecular formula is C10H21N3O2. The SMILES string of the molecule is CNCCNC(=O)CN(C)CCC(C)=O. The van der Waals surface area contributed by atoms with Crippen LogP contribution in [0.25, 0.3) is 0 Å². The Labute approximate surface area is 91.2 Å². The Morgan fingerprint density at radius 3 is 2.47 bits per heavy atom. The molecule has 0 aliphatic heterocycles. The van der Waals surface area contributed by atoms with Crippen molar-refractivity contribution in [3.8, 4) is 0 Å². The topological polar surface area (TPSA) is 61.4 Å². The van der Waals surface area contributed by atoms with E-state index >= 15 is 0 Å². The van der Waals surface area contributed by atoms with Crippen LogP contribution in [0.4, 0.5) is 0 Å². The molecule has 5 nitrogen and oxygen atoms in total. The molecule has 0 aromatic rings. The number of likely N-dealkylation sites (N-methyl/N-ethyl adjacent to an activating group) is 2. The van der Waals surface area contributed by atoms with Gasteiger partial charge in [0.2, 0.25) is 5.91 Å². The van der Waals surface area contributed by atoms with Gasteiger partial charge < -0.3 is 10.6 Å². The van der Waals surface area contributed by atoms with Crippen molar-refractivity contribution in [2.45, 2.75) is 13.3 Å². The predicted octanol–water partition coefficient (Wildman–Crippen LogP) is -0.767. The van der Waals surface area contributed by atoms with E-state index in [4.69, 9.17) is 0 Å². The quantitative estimate of drug-likeness (QED) is 0.522. The molecule has 0 bridgehead atoms. The second-order valence-corrected chi connectivity index (χ2v) is 3.64. The fourth-order valence-corrected chi connectivity index (χ4v) is 1.06. The van der Waals surface area contributed by atoms with Gasteiger partial charge in [0, 0.05) is 26.1 Å². The average Bonchev–Trinajstić information content (AvgIpc) is 2.15. The summed E-state index contributed by atoms with van der Waals surface area (Å²) >= 11 is 0. The van der Waals surface area contributed by atoms with Gasteiger partial charge in [-0.3, -0.25) is 14.5 Å². The van der Waals surface area contributed by atoms with Crippen molar-refractivity contribution in [1.29, 1.82) is 0 Å². The van der Waals surface area contributed by atoms with Crippen LogP contribution in [-0.2, 0) is 9.59 Å². The minimum absolute atomic E-state index is 0.00342. The number of nitrogens with zero attached hydrogens (tertiary/aromatic N) is 1. The summed E-state index contributed by atoms with van der Waals surface area (Å²) in [4.78, 5) is 23.9. The third-order valence-corrected chi connectivity index (χ3v) is 1.96. The zero-order valence-electron chi connectivity index (χ0n) is 9.80. The molecule has 88 valence electrons. The minimum atomic E-state index is -0.00342. The summed E-state index contributed by atoms with van der Waals surface area (Å²) in [7, 11) is 3.67. The number of amides is 1. The van der Waals surface area contributed by atoms with E-state index in [1.807, 2.05) is 19.0 Å². The van der Waals surface area contributed by atoms with E-state index in [0.717, 1.165) is 6.54 Å². The molecule has 1 amide bonds. The van der Waals surface area contributed by atoms with E-state index in [9.17, 15) is 9.59 Å². The van der Waals surface area contributed by atoms with E-state index < -0.39 is 0 Å². The van der Waals surface area contributed by atoms with Crippen molar-refractivity contribution in [2.24, 2.45) is 0 Å². The van der Waals surface area contributed by atoms with Crippen molar-refractivity contribution >= 4 is 11.7 Å². The van der Waals surface area contributed by atoms with E-state index in [1.54, 1.807) is 6.92 Å². The summed E-state index contributed by atoms with van der Waals surface area (Å²) in [6.45, 7) is 3.94. The smallest absolute Gasteiger partial charge is 0.234 e. The first-order chi connectivity index (χ1) is 7.06. The molecule has 0 aliphatic rings. The van der Waals surface area contributed by atoms with Crippen LogP contribution >= 0.6 is 0 Å². The molecule has 0 rings (SSSR count). The lowest BCUT2D eigenvalue weighted by Gasteiger charge is -2.15. The van der Waals surface area contributed by atoms with Crippen molar-refractivity contribution in [3.05, 3.63) is 0 Å². The Hall–Kier alpha value is -0.940. The summed E-state index contributed by atoms with van der Waals surface area (Å²) in [5.41, 5.74) is 0. The molecular weight excluding hydrogens is 194 g/mol. The summed E-state index contributed by atoms with van der Waals surface area (Å²) < 4.78 is 0. The van der Waals surface area contributed by atoms with Crippen molar-refractivity contribution < 1.29 is 9.59 Å². The summed E-state index contributed by atoms with van der Waals surface area (Å²) in [5, 5.41) is 5.72. The third kappa shape index (κ3) is 9.37. The highest BCUT2D eigenvalue weighted by Crippen LogP contribution is 1.88. The molecule has 0 aromatic carbocycles. The number of carbonyl (C=O) groups is 2. The highest BCUT2D eigenvalue weighted by atomic mass is 16.2. The highest BCUT2D eigenvalue weighted by Gasteiger charge is 2.06. The first-order valence-electron chi connectivity index (χ1n) is 5.15. The van der Waals surface area contributed by atoms with Gasteiger partial charge >= 0.3 is 0 Å². The molecule has 0 aliphatic carbocycles. The lowest BCUT2D eigenvalue weighted by molar-refractivity contribution is -0.122. The van der Waals surface area contributed by atoms with Gasteiger partial charge in [-0.25, -0.2) is 0 Å². The van der Waals surface area contributed by atoms with Crippen LogP contribution in [0.2, 0.25) is 0 Å². The Morgan fingerprint density at radius 2 is 1.93 bits per heavy atom. The van der Waals surface area contributed by atoms with Gasteiger partial charge in [0.15, 0.2) is 0 Å². The van der Waals surface area contributed by atoms with E-state index in [0.29, 0.717) is 26.1 Å². The monoisotopic (exact) mass is 215 g/mol. The number of Topliss-reactive ketones (excluding diaryl/α,β-unsaturated/α-hetero) is 1. The van der Waals surface area contributed by atoms with Gasteiger partial charge in [0.25, 0.3) is 0 Å². The van der Waals surface area contributed by atoms with Crippen LogP contribution in [0.1, 0.15) is 13.3 Å². The number of carbonyl (C=O) groups excluding carboxylic acids is 2. The fourth-order valence-electron chi connectivity index (χ4n) is 1.06. The minimum Gasteiger partial charge on any atom is -0.354 e. The summed E-state index contributed by atoms with van der Waals surface area (Å²) in [6, 6.07) is 0. The normalized spacial score (nSPS) is 10.4. The molecule has 0 spiro atoms. The Kier molecular flexibility index (Phi) is 7.85. The largest absolute Gasteiger partial charge is 0.354 e. The van der Waals surface area contributed by atoms with Gasteiger partial charge in [-0.1, -0.05) is 0 Å². The average molecular weight is 215 g/mol. The zero-order chi connectivity index (χ0) is 11.7. The molecule has 0 saturated heterocycles. The van der Waals surface area contributed by atoms with E-state index in [2.05, 4.69) is 10.6 Å². The second-order valence-electron chi connectivity index (χ2n) is 3.64. The maximum Gasteiger partial charge on any atom is 0.234 e. The molecule has 0 saturated carbocycles. The van der Waals surface area contributed by atoms with Crippen molar-refractivity contribution in [2.75, 3.05) is 40.3 Å². The van der Waals surface area contributed by atoms with Crippen LogP contribution in [-0.4, -0.2) is 56.9 Å². The van der Waals surface area contributed by atoms with Crippen molar-refractivity contribution in [3.63, 3.8) is 0 Å². The van der Waals surface area contributed by atoms with Crippen LogP contribution in [0.15, 0.2) is 0 Å². The number of hydrogen-bond acceptors (Lipinski definition) is 4. The van der Waals surface area contributed by atoms with Gasteiger partial charge in [0.1, 0.15) is 5.78 Å². The second kappa shape index (κ2) is 8.38. The van der Waals surface area contributed by atoms with E-state index in [1.165, 1.54) is 0 Å². The highest BCUT2D eigenvalue weighted by molar-refractivity contribution is 5.78. The Bertz CT molecular complexity index is 207. The molecule has 0 unspecified atom stereocenters. The molecule has 0 radical (unpaired) electrons. The number of hydrogen-bond donors (Lipinski definition) is 2. The number of nitrogens with one attached hydrogen (secondary N) is 2. The summed E-state index contributed by atoms with van der Waals surface area (Å²) in [6.07, 6.45) is 0.500. The lowest BCUT2D eigenvalue weighted by atomic mass is 10.3. The lowest BCUT2D eigenvalue weighted by Crippen LogP contribution is -2.38. The fraction of sp³-hybridized carbons (Fsp3) is 0.800. The number of rotatable bonds is 8. The molecule has 2 N–H and O–H groups in total. The first kappa shape index (κ1) is 14.1. The summed E-state index contributed by atoms with van der Waals surface area (Å²) in [5.74, 6) is 0.147. The molecule has 5 heteroatoms. The molecule has 0 atom stereocenters. The van der Waals surface area contributed by atoms with Gasteiger partial charge in [-0.15, -0.1) is 0 Å². The third-order valence-electron chi connectivity index (χ3n) is 1.96. The first-order valence-corrected chi connectivity index (χ1v) is 5.15. The predicted molar refractivity (Wildman–Crippen MR) is 59.7 cm³/mol. The van der Waals surface area contributed by atoms with Gasteiger partial charge in [-0.2, -0.15) is 0 Å². The van der Waals surface area contributed by atoms with Crippen LogP contribution in [0.5, 0.6) is 0 Å². The Balaban J connectivity index is 3.53. The molecule has 15 heavy (non-hydrogen) atoms. The maximum absolute atomic E-state index is 11.3. The van der Waals surface area contributed by atoms with Crippen LogP contribution < -0.4 is 10.6 Å². The van der Waals surface area contributed by atoms with Crippen LogP contribution in [0, 0.1) is 0 Å². The van der Waals surface area contributed by atoms with Gasteiger partial charge in [-0.05, 0) is 21.0 Å². The molecule has 0 fully saturated rings. The maximum atomic E-state index is 11.3. The van der Waals surface area contributed by atoms with Gasteiger partial charge in [0.05, 0.1) is 6.54 Å². The zero-order valence-corrected chi connectivity index (χ0v) is 9.80. The number of ketones is 1. The molecule has 0 heterocycles. The van der Waals surface area contributed by atoms with Crippen LogP contribution in [0.3, 0.4) is 0 Å². The van der Waals surface area contributed by atoms with Crippen molar-refractivity contribution in [1.82, 2.24) is 15.5 Å².